The second-order valence-electron chi connectivity index (χ2n) is 7.37. The lowest BCUT2D eigenvalue weighted by atomic mass is 10.0. The highest BCUT2D eigenvalue weighted by molar-refractivity contribution is 6.07. The summed E-state index contributed by atoms with van der Waals surface area (Å²) in [5, 5.41) is 6.28. The van der Waals surface area contributed by atoms with Gasteiger partial charge in [-0.15, -0.1) is 0 Å². The second kappa shape index (κ2) is 9.48. The van der Waals surface area contributed by atoms with Crippen molar-refractivity contribution in [1.82, 2.24) is 5.32 Å². The van der Waals surface area contributed by atoms with Gasteiger partial charge in [-0.2, -0.15) is 0 Å². The number of allylic oxidation sites excluding steroid dienone is 1. The Morgan fingerprint density at radius 3 is 2.18 bits per heavy atom. The molecule has 1 aliphatic heterocycles. The summed E-state index contributed by atoms with van der Waals surface area (Å²) in [5.41, 5.74) is 3.60. The van der Waals surface area contributed by atoms with E-state index in [1.165, 1.54) is 27.4 Å². The van der Waals surface area contributed by atoms with Crippen molar-refractivity contribution in [3.05, 3.63) is 89.0 Å². The minimum atomic E-state index is -0.328. The van der Waals surface area contributed by atoms with Crippen LogP contribution in [0.2, 0.25) is 0 Å². The number of ether oxygens (including phenoxy) is 3. The van der Waals surface area contributed by atoms with Gasteiger partial charge in [-0.05, 0) is 41.5 Å². The van der Waals surface area contributed by atoms with Gasteiger partial charge >= 0.3 is 0 Å². The van der Waals surface area contributed by atoms with Crippen LogP contribution < -0.4 is 24.8 Å². The van der Waals surface area contributed by atoms with Crippen LogP contribution >= 0.6 is 0 Å². The van der Waals surface area contributed by atoms with Gasteiger partial charge in [-0.25, -0.2) is 0 Å². The number of hydrogen-bond acceptors (Lipinski definition) is 6. The predicted molar refractivity (Wildman–Crippen MR) is 126 cm³/mol. The molecule has 0 fully saturated rings. The van der Waals surface area contributed by atoms with Crippen LogP contribution in [0.25, 0.3) is 6.08 Å². The van der Waals surface area contributed by atoms with Crippen LogP contribution in [0.15, 0.2) is 66.7 Å². The topological polar surface area (TPSA) is 85.9 Å². The number of nitrogens with one attached hydrogen (secondary N) is 2. The number of amides is 1. The molecule has 0 saturated carbocycles. The molecular weight excluding hydrogens is 420 g/mol. The number of para-hydroxylation sites is 1. The van der Waals surface area contributed by atoms with Gasteiger partial charge in [0.1, 0.15) is 6.17 Å². The number of benzene rings is 3. The zero-order chi connectivity index (χ0) is 23.4. The highest BCUT2D eigenvalue weighted by Gasteiger charge is 2.23. The third kappa shape index (κ3) is 4.52. The average Bonchev–Trinajstić information content (AvgIpc) is 2.86. The first kappa shape index (κ1) is 22.0. The number of methoxy groups -OCH3 is 3. The maximum atomic E-state index is 12.7. The van der Waals surface area contributed by atoms with E-state index in [-0.39, 0.29) is 17.9 Å². The molecule has 3 aromatic carbocycles. The standard InChI is InChI=1S/C26H24N2O5/c1-31-22-14-18(15-23(32-2)24(22)33-3)21(29)13-10-16-8-11-17(12-9-16)25-27-20-7-5-4-6-19(20)26(30)28-25/h4-15,25,27H,1-3H3,(H,28,30)/b13-10+. The summed E-state index contributed by atoms with van der Waals surface area (Å²) in [6, 6.07) is 18.2. The molecule has 2 N–H and O–H groups in total. The molecular formula is C26H24N2O5. The van der Waals surface area contributed by atoms with Crippen LogP contribution in [0.3, 0.4) is 0 Å². The number of hydrogen-bond donors (Lipinski definition) is 2. The van der Waals surface area contributed by atoms with Gasteiger partial charge < -0.3 is 24.8 Å². The Kier molecular flexibility index (Phi) is 6.31. The smallest absolute Gasteiger partial charge is 0.255 e. The van der Waals surface area contributed by atoms with E-state index in [9.17, 15) is 9.59 Å². The fourth-order valence-corrected chi connectivity index (χ4v) is 3.67. The van der Waals surface area contributed by atoms with Crippen molar-refractivity contribution in [1.29, 1.82) is 0 Å². The van der Waals surface area contributed by atoms with Crippen molar-refractivity contribution in [2.45, 2.75) is 6.17 Å². The lowest BCUT2D eigenvalue weighted by Gasteiger charge is -2.28. The highest BCUT2D eigenvalue weighted by atomic mass is 16.5. The van der Waals surface area contributed by atoms with E-state index in [0.717, 1.165) is 16.8 Å². The van der Waals surface area contributed by atoms with Gasteiger partial charge in [0.15, 0.2) is 17.3 Å². The van der Waals surface area contributed by atoms with E-state index in [0.29, 0.717) is 28.4 Å². The summed E-state index contributed by atoms with van der Waals surface area (Å²) in [6.07, 6.45) is 2.90. The molecule has 0 spiro atoms. The molecule has 1 unspecified atom stereocenters. The van der Waals surface area contributed by atoms with E-state index in [1.807, 2.05) is 42.5 Å². The quantitative estimate of drug-likeness (QED) is 0.413. The van der Waals surface area contributed by atoms with Gasteiger partial charge in [0, 0.05) is 11.3 Å². The summed E-state index contributed by atoms with van der Waals surface area (Å²) < 4.78 is 15.9. The lowest BCUT2D eigenvalue weighted by Crippen LogP contribution is -2.38. The Labute approximate surface area is 192 Å². The number of ketones is 1. The Morgan fingerprint density at radius 2 is 1.55 bits per heavy atom. The predicted octanol–water partition coefficient (Wildman–Crippen LogP) is 4.46. The normalized spacial score (nSPS) is 14.8. The minimum Gasteiger partial charge on any atom is -0.493 e. The summed E-state index contributed by atoms with van der Waals surface area (Å²) in [7, 11) is 4.52. The molecule has 168 valence electrons. The van der Waals surface area contributed by atoms with Gasteiger partial charge in [0.2, 0.25) is 5.75 Å². The van der Waals surface area contributed by atoms with Crippen molar-refractivity contribution >= 4 is 23.5 Å². The number of rotatable bonds is 7. The van der Waals surface area contributed by atoms with Gasteiger partial charge in [0.05, 0.1) is 26.9 Å². The Balaban J connectivity index is 1.49. The molecule has 0 aromatic heterocycles. The minimum absolute atomic E-state index is 0.116. The Bertz CT molecular complexity index is 1190. The van der Waals surface area contributed by atoms with Crippen molar-refractivity contribution < 1.29 is 23.8 Å². The summed E-state index contributed by atoms with van der Waals surface area (Å²) in [6.45, 7) is 0. The molecule has 1 aliphatic rings. The molecule has 4 rings (SSSR count). The SMILES string of the molecule is COc1cc(C(=O)/C=C/c2ccc(C3NC(=O)c4ccccc4N3)cc2)cc(OC)c1OC. The lowest BCUT2D eigenvalue weighted by molar-refractivity contribution is 0.0935. The molecule has 0 radical (unpaired) electrons. The van der Waals surface area contributed by atoms with Crippen LogP contribution in [0.1, 0.15) is 38.0 Å². The van der Waals surface area contributed by atoms with Gasteiger partial charge in [0.25, 0.3) is 5.91 Å². The fourth-order valence-electron chi connectivity index (χ4n) is 3.67. The number of fused-ring (bicyclic) bond motifs is 1. The first-order valence-corrected chi connectivity index (χ1v) is 10.3. The van der Waals surface area contributed by atoms with E-state index >= 15 is 0 Å². The zero-order valence-corrected chi connectivity index (χ0v) is 18.5. The highest BCUT2D eigenvalue weighted by Crippen LogP contribution is 2.38. The molecule has 1 atom stereocenters. The maximum absolute atomic E-state index is 12.7. The van der Waals surface area contributed by atoms with E-state index in [4.69, 9.17) is 14.2 Å². The van der Waals surface area contributed by atoms with Gasteiger partial charge in [-0.3, -0.25) is 9.59 Å². The third-order valence-electron chi connectivity index (χ3n) is 5.39. The number of carbonyl (C=O) groups excluding carboxylic acids is 2. The first-order chi connectivity index (χ1) is 16.0. The summed E-state index contributed by atoms with van der Waals surface area (Å²) >= 11 is 0. The monoisotopic (exact) mass is 444 g/mol. The Hall–Kier alpha value is -4.26. The molecule has 3 aromatic rings. The molecule has 1 heterocycles. The van der Waals surface area contributed by atoms with Gasteiger partial charge in [-0.1, -0.05) is 42.5 Å². The summed E-state index contributed by atoms with van der Waals surface area (Å²) in [4.78, 5) is 25.1. The molecule has 0 aliphatic carbocycles. The maximum Gasteiger partial charge on any atom is 0.255 e. The molecule has 7 heteroatoms. The average molecular weight is 444 g/mol. The fraction of sp³-hybridized carbons (Fsp3) is 0.154. The van der Waals surface area contributed by atoms with Crippen LogP contribution in [-0.2, 0) is 0 Å². The zero-order valence-electron chi connectivity index (χ0n) is 18.5. The van der Waals surface area contributed by atoms with E-state index in [1.54, 1.807) is 24.3 Å². The van der Waals surface area contributed by atoms with E-state index < -0.39 is 0 Å². The first-order valence-electron chi connectivity index (χ1n) is 10.3. The molecule has 33 heavy (non-hydrogen) atoms. The van der Waals surface area contributed by atoms with Crippen molar-refractivity contribution in [2.24, 2.45) is 0 Å². The third-order valence-corrected chi connectivity index (χ3v) is 5.39. The summed E-state index contributed by atoms with van der Waals surface area (Å²) in [5.74, 6) is 0.954. The van der Waals surface area contributed by atoms with Crippen LogP contribution in [0.4, 0.5) is 5.69 Å². The molecule has 1 amide bonds. The number of carbonyl (C=O) groups is 2. The van der Waals surface area contributed by atoms with Crippen LogP contribution in [0.5, 0.6) is 17.2 Å². The number of anilines is 1. The molecule has 7 nitrogen and oxygen atoms in total. The van der Waals surface area contributed by atoms with Crippen molar-refractivity contribution in [3.63, 3.8) is 0 Å². The van der Waals surface area contributed by atoms with Crippen molar-refractivity contribution in [2.75, 3.05) is 26.6 Å². The van der Waals surface area contributed by atoms with Crippen molar-refractivity contribution in [3.8, 4) is 17.2 Å². The largest absolute Gasteiger partial charge is 0.493 e. The molecule has 0 saturated heterocycles. The van der Waals surface area contributed by atoms with Crippen LogP contribution in [0, 0.1) is 0 Å². The second-order valence-corrected chi connectivity index (χ2v) is 7.37. The van der Waals surface area contributed by atoms with E-state index in [2.05, 4.69) is 10.6 Å². The Morgan fingerprint density at radius 1 is 0.879 bits per heavy atom. The molecule has 0 bridgehead atoms. The van der Waals surface area contributed by atoms with Crippen LogP contribution in [-0.4, -0.2) is 33.0 Å².